The molecule has 2 heteroatoms. The van der Waals surface area contributed by atoms with E-state index in [9.17, 15) is 0 Å². The van der Waals surface area contributed by atoms with E-state index in [2.05, 4.69) is 25.7 Å². The highest BCUT2D eigenvalue weighted by Gasteiger charge is 2.31. The second-order valence-corrected chi connectivity index (χ2v) is 4.30. The Labute approximate surface area is 76.1 Å². The number of nitrogens with two attached hydrogens (primary N) is 1. The summed E-state index contributed by atoms with van der Waals surface area (Å²) in [6.07, 6.45) is 3.83. The predicted molar refractivity (Wildman–Crippen MR) is 53.2 cm³/mol. The molecule has 0 spiro atoms. The second kappa shape index (κ2) is 3.75. The first kappa shape index (κ1) is 10.0. The Hall–Kier alpha value is -0.0800. The van der Waals surface area contributed by atoms with E-state index in [1.165, 1.54) is 12.8 Å². The van der Waals surface area contributed by atoms with Crippen LogP contribution in [0.3, 0.4) is 0 Å². The van der Waals surface area contributed by atoms with E-state index >= 15 is 0 Å². The van der Waals surface area contributed by atoms with E-state index in [1.807, 2.05) is 0 Å². The molecule has 0 aliphatic heterocycles. The third kappa shape index (κ3) is 2.76. The van der Waals surface area contributed by atoms with Gasteiger partial charge in [0, 0.05) is 18.1 Å². The molecule has 1 fully saturated rings. The summed E-state index contributed by atoms with van der Waals surface area (Å²) in [5.74, 6) is 0. The van der Waals surface area contributed by atoms with Crippen LogP contribution in [0.4, 0.5) is 0 Å². The van der Waals surface area contributed by atoms with Gasteiger partial charge in [-0.3, -0.25) is 4.90 Å². The van der Waals surface area contributed by atoms with Crippen LogP contribution in [0.2, 0.25) is 0 Å². The summed E-state index contributed by atoms with van der Waals surface area (Å²) in [4.78, 5) is 2.52. The molecule has 1 aliphatic carbocycles. The lowest BCUT2D eigenvalue weighted by Gasteiger charge is -2.31. The van der Waals surface area contributed by atoms with E-state index in [4.69, 9.17) is 5.73 Å². The summed E-state index contributed by atoms with van der Waals surface area (Å²) < 4.78 is 0. The van der Waals surface area contributed by atoms with Gasteiger partial charge in [-0.15, -0.1) is 0 Å². The molecule has 0 aromatic heterocycles. The molecule has 2 nitrogen and oxygen atoms in total. The molecule has 0 saturated heterocycles. The van der Waals surface area contributed by atoms with Gasteiger partial charge in [-0.05, 0) is 32.7 Å². The predicted octanol–water partition coefficient (Wildman–Crippen LogP) is 1.60. The highest BCUT2D eigenvalue weighted by Crippen LogP contribution is 2.27. The molecule has 1 saturated carbocycles. The fourth-order valence-electron chi connectivity index (χ4n) is 1.51. The van der Waals surface area contributed by atoms with Crippen molar-refractivity contribution in [3.05, 3.63) is 0 Å². The maximum Gasteiger partial charge on any atom is 0.0252 e. The van der Waals surface area contributed by atoms with Gasteiger partial charge in [-0.25, -0.2) is 0 Å². The highest BCUT2D eigenvalue weighted by molar-refractivity contribution is 4.89. The number of hydrogen-bond acceptors (Lipinski definition) is 2. The van der Waals surface area contributed by atoms with Crippen LogP contribution in [0.1, 0.15) is 40.0 Å². The Balaban J connectivity index is 2.35. The summed E-state index contributed by atoms with van der Waals surface area (Å²) >= 11 is 0. The Morgan fingerprint density at radius 3 is 2.33 bits per heavy atom. The van der Waals surface area contributed by atoms with Gasteiger partial charge >= 0.3 is 0 Å². The van der Waals surface area contributed by atoms with Crippen LogP contribution < -0.4 is 5.73 Å². The molecule has 0 heterocycles. The van der Waals surface area contributed by atoms with Crippen molar-refractivity contribution < 1.29 is 0 Å². The lowest BCUT2D eigenvalue weighted by Crippen LogP contribution is -2.48. The zero-order valence-electron chi connectivity index (χ0n) is 8.64. The van der Waals surface area contributed by atoms with Crippen LogP contribution in [-0.2, 0) is 0 Å². The molecule has 72 valence electrons. The Bertz CT molecular complexity index is 139. The van der Waals surface area contributed by atoms with Crippen LogP contribution in [-0.4, -0.2) is 29.6 Å². The van der Waals surface area contributed by atoms with Crippen LogP contribution in [0.15, 0.2) is 0 Å². The fourth-order valence-corrected chi connectivity index (χ4v) is 1.51. The van der Waals surface area contributed by atoms with Gasteiger partial charge in [0.2, 0.25) is 0 Å². The van der Waals surface area contributed by atoms with Crippen molar-refractivity contribution in [2.45, 2.75) is 51.6 Å². The van der Waals surface area contributed by atoms with Gasteiger partial charge in [0.1, 0.15) is 0 Å². The molecule has 0 amide bonds. The minimum absolute atomic E-state index is 0.0125. The van der Waals surface area contributed by atoms with Gasteiger partial charge in [-0.2, -0.15) is 0 Å². The molecule has 0 radical (unpaired) electrons. The SMILES string of the molecule is CCN(CC(C)(N)CC)C1CC1. The monoisotopic (exact) mass is 170 g/mol. The largest absolute Gasteiger partial charge is 0.324 e. The summed E-state index contributed by atoms with van der Waals surface area (Å²) in [7, 11) is 0. The van der Waals surface area contributed by atoms with Gasteiger partial charge < -0.3 is 5.73 Å². The van der Waals surface area contributed by atoms with Crippen LogP contribution in [0, 0.1) is 0 Å². The van der Waals surface area contributed by atoms with Crippen molar-refractivity contribution >= 4 is 0 Å². The second-order valence-electron chi connectivity index (χ2n) is 4.30. The van der Waals surface area contributed by atoms with Gasteiger partial charge in [0.05, 0.1) is 0 Å². The molecule has 1 rings (SSSR count). The summed E-state index contributed by atoms with van der Waals surface area (Å²) in [5.41, 5.74) is 6.13. The molecule has 1 aliphatic rings. The smallest absolute Gasteiger partial charge is 0.0252 e. The molecule has 1 atom stereocenters. The Morgan fingerprint density at radius 2 is 2.00 bits per heavy atom. The third-order valence-electron chi connectivity index (χ3n) is 2.84. The molecular weight excluding hydrogens is 148 g/mol. The van der Waals surface area contributed by atoms with Crippen molar-refractivity contribution in [3.8, 4) is 0 Å². The van der Waals surface area contributed by atoms with Crippen LogP contribution >= 0.6 is 0 Å². The van der Waals surface area contributed by atoms with Crippen molar-refractivity contribution in [2.75, 3.05) is 13.1 Å². The fraction of sp³-hybridized carbons (Fsp3) is 1.00. The Morgan fingerprint density at radius 1 is 1.42 bits per heavy atom. The number of rotatable bonds is 5. The van der Waals surface area contributed by atoms with Gasteiger partial charge in [0.25, 0.3) is 0 Å². The van der Waals surface area contributed by atoms with Crippen molar-refractivity contribution in [1.82, 2.24) is 4.90 Å². The van der Waals surface area contributed by atoms with Crippen molar-refractivity contribution in [3.63, 3.8) is 0 Å². The number of likely N-dealkylation sites (N-methyl/N-ethyl adjacent to an activating group) is 1. The van der Waals surface area contributed by atoms with Crippen molar-refractivity contribution in [1.29, 1.82) is 0 Å². The maximum atomic E-state index is 6.12. The molecule has 12 heavy (non-hydrogen) atoms. The average Bonchev–Trinajstić information content (AvgIpc) is 2.83. The van der Waals surface area contributed by atoms with Crippen LogP contribution in [0.25, 0.3) is 0 Å². The van der Waals surface area contributed by atoms with E-state index in [0.717, 1.165) is 25.6 Å². The molecule has 0 aromatic carbocycles. The van der Waals surface area contributed by atoms with Gasteiger partial charge in [-0.1, -0.05) is 13.8 Å². The standard InChI is InChI=1S/C10H22N2/c1-4-10(3,11)8-12(5-2)9-6-7-9/h9H,4-8,11H2,1-3H3. The normalized spacial score (nSPS) is 22.8. The summed E-state index contributed by atoms with van der Waals surface area (Å²) in [6, 6.07) is 0.851. The van der Waals surface area contributed by atoms with E-state index in [0.29, 0.717) is 0 Å². The average molecular weight is 170 g/mol. The van der Waals surface area contributed by atoms with Crippen LogP contribution in [0.5, 0.6) is 0 Å². The minimum Gasteiger partial charge on any atom is -0.324 e. The summed E-state index contributed by atoms with van der Waals surface area (Å²) in [5, 5.41) is 0. The van der Waals surface area contributed by atoms with E-state index < -0.39 is 0 Å². The maximum absolute atomic E-state index is 6.12. The van der Waals surface area contributed by atoms with Crippen molar-refractivity contribution in [2.24, 2.45) is 5.73 Å². The van der Waals surface area contributed by atoms with E-state index in [1.54, 1.807) is 0 Å². The Kier molecular flexibility index (Phi) is 3.13. The molecule has 1 unspecified atom stereocenters. The zero-order chi connectivity index (χ0) is 9.19. The first-order chi connectivity index (χ1) is 5.59. The molecule has 0 bridgehead atoms. The minimum atomic E-state index is 0.0125. The quantitative estimate of drug-likeness (QED) is 0.679. The lowest BCUT2D eigenvalue weighted by molar-refractivity contribution is 0.214. The topological polar surface area (TPSA) is 29.3 Å². The highest BCUT2D eigenvalue weighted by atomic mass is 15.2. The van der Waals surface area contributed by atoms with Gasteiger partial charge in [0.15, 0.2) is 0 Å². The molecule has 2 N–H and O–H groups in total. The number of nitrogens with zero attached hydrogens (tertiary/aromatic N) is 1. The third-order valence-corrected chi connectivity index (χ3v) is 2.84. The molecule has 0 aromatic rings. The molecular formula is C10H22N2. The number of hydrogen-bond donors (Lipinski definition) is 1. The first-order valence-corrected chi connectivity index (χ1v) is 5.12. The summed E-state index contributed by atoms with van der Waals surface area (Å²) in [6.45, 7) is 8.75. The zero-order valence-corrected chi connectivity index (χ0v) is 8.64. The first-order valence-electron chi connectivity index (χ1n) is 5.12. The lowest BCUT2D eigenvalue weighted by atomic mass is 10.00. The van der Waals surface area contributed by atoms with E-state index in [-0.39, 0.29) is 5.54 Å².